The number of likely N-dealkylation sites (tertiary alicyclic amines) is 1. The summed E-state index contributed by atoms with van der Waals surface area (Å²) in [4.78, 5) is 2.87. The maximum Gasteiger partial charge on any atom is 0.0252 e. The molecule has 3 aliphatic rings. The summed E-state index contributed by atoms with van der Waals surface area (Å²) in [5.41, 5.74) is 6.54. The Kier molecular flexibility index (Phi) is 4.72. The first-order chi connectivity index (χ1) is 9.66. The van der Waals surface area contributed by atoms with Crippen molar-refractivity contribution >= 4 is 0 Å². The molecule has 1 aliphatic heterocycles. The zero-order valence-corrected chi connectivity index (χ0v) is 13.6. The first-order valence-corrected chi connectivity index (χ1v) is 9.18. The van der Waals surface area contributed by atoms with Crippen molar-refractivity contribution in [2.45, 2.75) is 89.8 Å². The summed E-state index contributed by atoms with van der Waals surface area (Å²) < 4.78 is 0. The lowest BCUT2D eigenvalue weighted by molar-refractivity contribution is 0.0656. The fourth-order valence-corrected chi connectivity index (χ4v) is 5.26. The van der Waals surface area contributed by atoms with Gasteiger partial charge in [0.1, 0.15) is 0 Å². The van der Waals surface area contributed by atoms with Crippen molar-refractivity contribution in [2.75, 3.05) is 6.54 Å². The number of hydrogen-bond donors (Lipinski definition) is 1. The minimum atomic E-state index is 0.437. The highest BCUT2D eigenvalue weighted by atomic mass is 15.2. The summed E-state index contributed by atoms with van der Waals surface area (Å²) in [7, 11) is 0. The van der Waals surface area contributed by atoms with E-state index in [1.165, 1.54) is 64.3 Å². The maximum absolute atomic E-state index is 6.54. The maximum atomic E-state index is 6.54. The lowest BCUT2D eigenvalue weighted by Gasteiger charge is -2.44. The Morgan fingerprint density at radius 1 is 0.900 bits per heavy atom. The molecule has 20 heavy (non-hydrogen) atoms. The molecule has 2 aliphatic carbocycles. The predicted molar refractivity (Wildman–Crippen MR) is 85.6 cm³/mol. The SMILES string of the molecule is CC(C)C1CCC(N)C(N2CCCC2C2CCCC2)C1. The van der Waals surface area contributed by atoms with Gasteiger partial charge in [-0.25, -0.2) is 0 Å². The summed E-state index contributed by atoms with van der Waals surface area (Å²) in [6, 6.07) is 2.00. The van der Waals surface area contributed by atoms with Gasteiger partial charge < -0.3 is 5.73 Å². The second-order valence-electron chi connectivity index (χ2n) is 8.04. The van der Waals surface area contributed by atoms with E-state index in [1.54, 1.807) is 0 Å². The zero-order chi connectivity index (χ0) is 14.1. The first kappa shape index (κ1) is 14.8. The Morgan fingerprint density at radius 2 is 1.65 bits per heavy atom. The highest BCUT2D eigenvalue weighted by Crippen LogP contribution is 2.40. The van der Waals surface area contributed by atoms with Crippen LogP contribution < -0.4 is 5.73 Å². The molecule has 2 N–H and O–H groups in total. The topological polar surface area (TPSA) is 29.3 Å². The van der Waals surface area contributed by atoms with Gasteiger partial charge >= 0.3 is 0 Å². The molecule has 0 bridgehead atoms. The lowest BCUT2D eigenvalue weighted by atomic mass is 9.76. The van der Waals surface area contributed by atoms with E-state index in [0.29, 0.717) is 12.1 Å². The van der Waals surface area contributed by atoms with Gasteiger partial charge in [-0.05, 0) is 69.2 Å². The molecule has 4 unspecified atom stereocenters. The van der Waals surface area contributed by atoms with Crippen LogP contribution in [0.5, 0.6) is 0 Å². The van der Waals surface area contributed by atoms with Gasteiger partial charge in [-0.1, -0.05) is 26.7 Å². The second kappa shape index (κ2) is 6.36. The first-order valence-electron chi connectivity index (χ1n) is 9.18. The van der Waals surface area contributed by atoms with Crippen LogP contribution in [-0.2, 0) is 0 Å². The molecule has 0 aromatic rings. The quantitative estimate of drug-likeness (QED) is 0.851. The Balaban J connectivity index is 1.68. The largest absolute Gasteiger partial charge is 0.326 e. The van der Waals surface area contributed by atoms with Crippen molar-refractivity contribution in [3.63, 3.8) is 0 Å². The highest BCUT2D eigenvalue weighted by molar-refractivity contribution is 4.97. The molecule has 1 heterocycles. The second-order valence-corrected chi connectivity index (χ2v) is 8.04. The molecule has 116 valence electrons. The summed E-state index contributed by atoms with van der Waals surface area (Å²) in [6.45, 7) is 6.12. The van der Waals surface area contributed by atoms with E-state index < -0.39 is 0 Å². The van der Waals surface area contributed by atoms with Crippen LogP contribution >= 0.6 is 0 Å². The van der Waals surface area contributed by atoms with Crippen LogP contribution in [0.2, 0.25) is 0 Å². The fraction of sp³-hybridized carbons (Fsp3) is 1.00. The van der Waals surface area contributed by atoms with Gasteiger partial charge in [0, 0.05) is 18.1 Å². The van der Waals surface area contributed by atoms with Gasteiger partial charge in [-0.15, -0.1) is 0 Å². The molecule has 0 spiro atoms. The highest BCUT2D eigenvalue weighted by Gasteiger charge is 2.41. The van der Waals surface area contributed by atoms with Crippen LogP contribution in [0.1, 0.15) is 71.6 Å². The lowest BCUT2D eigenvalue weighted by Crippen LogP contribution is -2.54. The Labute approximate surface area is 125 Å². The molecule has 0 amide bonds. The predicted octanol–water partition coefficient (Wildman–Crippen LogP) is 3.79. The van der Waals surface area contributed by atoms with E-state index in [-0.39, 0.29) is 0 Å². The van der Waals surface area contributed by atoms with E-state index in [0.717, 1.165) is 23.8 Å². The molecule has 0 aromatic heterocycles. The minimum absolute atomic E-state index is 0.437. The third kappa shape index (κ3) is 2.92. The number of nitrogens with zero attached hydrogens (tertiary/aromatic N) is 1. The van der Waals surface area contributed by atoms with E-state index in [9.17, 15) is 0 Å². The van der Waals surface area contributed by atoms with Crippen molar-refractivity contribution in [1.29, 1.82) is 0 Å². The van der Waals surface area contributed by atoms with Gasteiger partial charge in [-0.3, -0.25) is 4.90 Å². The number of rotatable bonds is 3. The summed E-state index contributed by atoms with van der Waals surface area (Å²) in [5, 5.41) is 0. The van der Waals surface area contributed by atoms with Gasteiger partial charge in [0.15, 0.2) is 0 Å². The average molecular weight is 278 g/mol. The van der Waals surface area contributed by atoms with Crippen molar-refractivity contribution in [3.8, 4) is 0 Å². The Morgan fingerprint density at radius 3 is 2.35 bits per heavy atom. The van der Waals surface area contributed by atoms with Crippen LogP contribution in [0.15, 0.2) is 0 Å². The van der Waals surface area contributed by atoms with Crippen molar-refractivity contribution < 1.29 is 0 Å². The average Bonchev–Trinajstić information content (AvgIpc) is 3.09. The number of nitrogens with two attached hydrogens (primary N) is 1. The number of hydrogen-bond acceptors (Lipinski definition) is 2. The third-order valence-electron chi connectivity index (χ3n) is 6.56. The normalized spacial score (nSPS) is 40.8. The molecule has 3 fully saturated rings. The van der Waals surface area contributed by atoms with Crippen LogP contribution in [0, 0.1) is 17.8 Å². The smallest absolute Gasteiger partial charge is 0.0252 e. The van der Waals surface area contributed by atoms with Gasteiger partial charge in [-0.2, -0.15) is 0 Å². The summed E-state index contributed by atoms with van der Waals surface area (Å²) >= 11 is 0. The summed E-state index contributed by atoms with van der Waals surface area (Å²) in [5.74, 6) is 2.73. The molecule has 1 saturated heterocycles. The Bertz CT molecular complexity index is 309. The molecule has 0 aromatic carbocycles. The van der Waals surface area contributed by atoms with E-state index >= 15 is 0 Å². The van der Waals surface area contributed by atoms with Gasteiger partial charge in [0.05, 0.1) is 0 Å². The van der Waals surface area contributed by atoms with Crippen molar-refractivity contribution in [2.24, 2.45) is 23.5 Å². The molecule has 0 radical (unpaired) electrons. The molecule has 2 heteroatoms. The van der Waals surface area contributed by atoms with E-state index in [1.807, 2.05) is 0 Å². The third-order valence-corrected chi connectivity index (χ3v) is 6.56. The molecular formula is C18H34N2. The van der Waals surface area contributed by atoms with Crippen LogP contribution in [0.4, 0.5) is 0 Å². The van der Waals surface area contributed by atoms with Crippen molar-refractivity contribution in [3.05, 3.63) is 0 Å². The van der Waals surface area contributed by atoms with Crippen LogP contribution in [0.25, 0.3) is 0 Å². The van der Waals surface area contributed by atoms with Crippen LogP contribution in [-0.4, -0.2) is 29.6 Å². The van der Waals surface area contributed by atoms with E-state index in [4.69, 9.17) is 5.73 Å². The summed E-state index contributed by atoms with van der Waals surface area (Å²) in [6.07, 6.45) is 12.7. The molecule has 2 nitrogen and oxygen atoms in total. The molecule has 2 saturated carbocycles. The van der Waals surface area contributed by atoms with Gasteiger partial charge in [0.25, 0.3) is 0 Å². The molecule has 3 rings (SSSR count). The molecular weight excluding hydrogens is 244 g/mol. The Hall–Kier alpha value is -0.0800. The van der Waals surface area contributed by atoms with Crippen molar-refractivity contribution in [1.82, 2.24) is 4.90 Å². The monoisotopic (exact) mass is 278 g/mol. The standard InChI is InChI=1S/C18H34N2/c1-13(2)15-9-10-16(19)18(12-15)20-11-5-8-17(20)14-6-3-4-7-14/h13-18H,3-12,19H2,1-2H3. The fourth-order valence-electron chi connectivity index (χ4n) is 5.26. The minimum Gasteiger partial charge on any atom is -0.326 e. The zero-order valence-electron chi connectivity index (χ0n) is 13.6. The molecule has 4 atom stereocenters. The van der Waals surface area contributed by atoms with Crippen LogP contribution in [0.3, 0.4) is 0 Å². The van der Waals surface area contributed by atoms with E-state index in [2.05, 4.69) is 18.7 Å². The van der Waals surface area contributed by atoms with Gasteiger partial charge in [0.2, 0.25) is 0 Å².